The summed E-state index contributed by atoms with van der Waals surface area (Å²) < 4.78 is 0.551. The van der Waals surface area contributed by atoms with E-state index in [1.807, 2.05) is 6.07 Å². The zero-order valence-corrected chi connectivity index (χ0v) is 8.79. The molecule has 0 saturated carbocycles. The van der Waals surface area contributed by atoms with Crippen molar-refractivity contribution in [3.05, 3.63) is 46.5 Å². The zero-order valence-electron chi connectivity index (χ0n) is 8.79. The molecule has 0 aliphatic rings. The van der Waals surface area contributed by atoms with Crippen LogP contribution in [0.4, 0.5) is 0 Å². The number of aryl methyl sites for hydroxylation is 1. The summed E-state index contributed by atoms with van der Waals surface area (Å²) in [5.41, 5.74) is 0.254. The molecule has 0 radical (unpaired) electrons. The topological polar surface area (TPSA) is 68.0 Å². The second-order valence-corrected chi connectivity index (χ2v) is 3.30. The molecule has 1 aromatic heterocycles. The average Bonchev–Trinajstić information content (AvgIpc) is 2.34. The Morgan fingerprint density at radius 3 is 2.56 bits per heavy atom. The van der Waals surface area contributed by atoms with Crippen molar-refractivity contribution in [1.82, 2.24) is 14.9 Å². The minimum atomic E-state index is -0.543. The van der Waals surface area contributed by atoms with E-state index in [0.717, 1.165) is 0 Å². The Labute approximate surface area is 92.0 Å². The fourth-order valence-electron chi connectivity index (χ4n) is 1.41. The van der Waals surface area contributed by atoms with Gasteiger partial charge in [-0.3, -0.25) is 4.79 Å². The number of rotatable bonds is 2. The Bertz CT molecular complexity index is 549. The third-order valence-electron chi connectivity index (χ3n) is 2.27. The van der Waals surface area contributed by atoms with E-state index < -0.39 is 5.56 Å². The highest BCUT2D eigenvalue weighted by Crippen LogP contribution is 2.10. The highest BCUT2D eigenvalue weighted by atomic mass is 16.5. The number of aromatic nitrogens is 3. The molecular formula is C11H11N3O2. The van der Waals surface area contributed by atoms with Crippen LogP contribution in [-0.4, -0.2) is 20.1 Å². The van der Waals surface area contributed by atoms with Crippen molar-refractivity contribution in [2.75, 3.05) is 0 Å². The maximum atomic E-state index is 11.8. The van der Waals surface area contributed by atoms with Gasteiger partial charge in [0.25, 0.3) is 0 Å². The van der Waals surface area contributed by atoms with Crippen LogP contribution in [0.25, 0.3) is 11.3 Å². The Morgan fingerprint density at radius 1 is 1.25 bits per heavy atom. The lowest BCUT2D eigenvalue weighted by Gasteiger charge is -2.04. The fraction of sp³-hybridized carbons (Fsp3) is 0.182. The smallest absolute Gasteiger partial charge is 0.312 e. The second-order valence-electron chi connectivity index (χ2n) is 3.30. The minimum absolute atomic E-state index is 0.153. The van der Waals surface area contributed by atoms with E-state index in [0.29, 0.717) is 16.7 Å². The standard InChI is InChI=1S/C11H11N3O2/c1-2-9-12-13-10(11(15)14(9)16)8-6-4-3-5-7-8/h3-7,16H,2H2,1H3. The van der Waals surface area contributed by atoms with Crippen LogP contribution in [0.2, 0.25) is 0 Å². The molecule has 0 atom stereocenters. The van der Waals surface area contributed by atoms with Crippen molar-refractivity contribution >= 4 is 0 Å². The SMILES string of the molecule is CCc1nnc(-c2ccccc2)c(=O)n1O. The van der Waals surface area contributed by atoms with Crippen molar-refractivity contribution in [1.29, 1.82) is 0 Å². The number of hydrogen-bond donors (Lipinski definition) is 1. The van der Waals surface area contributed by atoms with Gasteiger partial charge in [-0.15, -0.1) is 14.9 Å². The molecule has 2 rings (SSSR count). The van der Waals surface area contributed by atoms with Crippen LogP contribution >= 0.6 is 0 Å². The summed E-state index contributed by atoms with van der Waals surface area (Å²) in [5.74, 6) is 0.254. The molecular weight excluding hydrogens is 206 g/mol. The molecule has 5 heteroatoms. The van der Waals surface area contributed by atoms with Crippen LogP contribution in [0.1, 0.15) is 12.7 Å². The van der Waals surface area contributed by atoms with Gasteiger partial charge >= 0.3 is 5.56 Å². The fourth-order valence-corrected chi connectivity index (χ4v) is 1.41. The van der Waals surface area contributed by atoms with Gasteiger partial charge in [0.15, 0.2) is 11.5 Å². The van der Waals surface area contributed by atoms with Crippen LogP contribution in [0.15, 0.2) is 35.1 Å². The normalized spacial score (nSPS) is 10.3. The van der Waals surface area contributed by atoms with Crippen molar-refractivity contribution in [2.24, 2.45) is 0 Å². The van der Waals surface area contributed by atoms with Gasteiger partial charge in [-0.1, -0.05) is 37.3 Å². The predicted molar refractivity (Wildman–Crippen MR) is 58.3 cm³/mol. The quantitative estimate of drug-likeness (QED) is 0.765. The van der Waals surface area contributed by atoms with Gasteiger partial charge in [0, 0.05) is 12.0 Å². The summed E-state index contributed by atoms with van der Waals surface area (Å²) in [7, 11) is 0. The molecule has 1 N–H and O–H groups in total. The summed E-state index contributed by atoms with van der Waals surface area (Å²) in [6.07, 6.45) is 0.452. The van der Waals surface area contributed by atoms with Gasteiger partial charge in [-0.05, 0) is 0 Å². The molecule has 0 saturated heterocycles. The highest BCUT2D eigenvalue weighted by molar-refractivity contribution is 5.56. The van der Waals surface area contributed by atoms with E-state index in [4.69, 9.17) is 0 Å². The third-order valence-corrected chi connectivity index (χ3v) is 2.27. The zero-order chi connectivity index (χ0) is 11.5. The van der Waals surface area contributed by atoms with Gasteiger partial charge < -0.3 is 5.21 Å². The Kier molecular flexibility index (Phi) is 2.68. The van der Waals surface area contributed by atoms with Crippen molar-refractivity contribution in [3.63, 3.8) is 0 Å². The molecule has 1 heterocycles. The van der Waals surface area contributed by atoms with Crippen LogP contribution in [0.5, 0.6) is 0 Å². The lowest BCUT2D eigenvalue weighted by molar-refractivity contribution is 0.159. The van der Waals surface area contributed by atoms with Gasteiger partial charge in [0.2, 0.25) is 0 Å². The van der Waals surface area contributed by atoms with E-state index in [1.54, 1.807) is 31.2 Å². The minimum Gasteiger partial charge on any atom is -0.424 e. The molecule has 0 bridgehead atoms. The molecule has 1 aromatic carbocycles. The summed E-state index contributed by atoms with van der Waals surface area (Å²) in [5, 5.41) is 17.2. The summed E-state index contributed by atoms with van der Waals surface area (Å²) in [6.45, 7) is 1.79. The number of benzene rings is 1. The lowest BCUT2D eigenvalue weighted by atomic mass is 10.2. The Balaban J connectivity index is 2.61. The van der Waals surface area contributed by atoms with Crippen LogP contribution in [-0.2, 0) is 6.42 Å². The van der Waals surface area contributed by atoms with E-state index in [9.17, 15) is 10.0 Å². The first-order valence-electron chi connectivity index (χ1n) is 4.97. The van der Waals surface area contributed by atoms with E-state index in [2.05, 4.69) is 10.2 Å². The molecule has 0 aliphatic heterocycles. The number of hydrogen-bond acceptors (Lipinski definition) is 4. The van der Waals surface area contributed by atoms with Gasteiger partial charge in [0.1, 0.15) is 0 Å². The molecule has 0 amide bonds. The summed E-state index contributed by atoms with van der Waals surface area (Å²) in [6, 6.07) is 8.93. The van der Waals surface area contributed by atoms with Crippen molar-refractivity contribution in [2.45, 2.75) is 13.3 Å². The molecule has 0 aliphatic carbocycles. The van der Waals surface area contributed by atoms with Crippen LogP contribution < -0.4 is 5.56 Å². The third kappa shape index (κ3) is 1.67. The molecule has 2 aromatic rings. The van der Waals surface area contributed by atoms with Gasteiger partial charge in [0.05, 0.1) is 0 Å². The molecule has 16 heavy (non-hydrogen) atoms. The molecule has 0 unspecified atom stereocenters. The van der Waals surface area contributed by atoms with E-state index in [1.165, 1.54) is 0 Å². The van der Waals surface area contributed by atoms with E-state index in [-0.39, 0.29) is 11.5 Å². The number of nitrogens with zero attached hydrogens (tertiary/aromatic N) is 3. The van der Waals surface area contributed by atoms with Crippen molar-refractivity contribution < 1.29 is 5.21 Å². The van der Waals surface area contributed by atoms with Crippen molar-refractivity contribution in [3.8, 4) is 11.3 Å². The molecule has 0 spiro atoms. The summed E-state index contributed by atoms with van der Waals surface area (Å²) >= 11 is 0. The predicted octanol–water partition coefficient (Wildman–Crippen LogP) is 1.10. The lowest BCUT2D eigenvalue weighted by Crippen LogP contribution is -2.25. The summed E-state index contributed by atoms with van der Waals surface area (Å²) in [4.78, 5) is 11.8. The molecule has 82 valence electrons. The molecule has 0 fully saturated rings. The second kappa shape index (κ2) is 4.14. The first-order chi connectivity index (χ1) is 7.74. The van der Waals surface area contributed by atoms with Crippen LogP contribution in [0.3, 0.4) is 0 Å². The Morgan fingerprint density at radius 2 is 1.94 bits per heavy atom. The van der Waals surface area contributed by atoms with Gasteiger partial charge in [-0.25, -0.2) is 0 Å². The Hall–Kier alpha value is -2.17. The molecule has 5 nitrogen and oxygen atoms in total. The average molecular weight is 217 g/mol. The largest absolute Gasteiger partial charge is 0.424 e. The monoisotopic (exact) mass is 217 g/mol. The first-order valence-corrected chi connectivity index (χ1v) is 4.97. The maximum absolute atomic E-state index is 11.8. The first kappa shape index (κ1) is 10.4. The van der Waals surface area contributed by atoms with Gasteiger partial charge in [-0.2, -0.15) is 0 Å². The van der Waals surface area contributed by atoms with E-state index >= 15 is 0 Å². The maximum Gasteiger partial charge on any atom is 0.312 e. The highest BCUT2D eigenvalue weighted by Gasteiger charge is 2.11. The van der Waals surface area contributed by atoms with Crippen LogP contribution in [0, 0.1) is 0 Å².